The van der Waals surface area contributed by atoms with Gasteiger partial charge in [-0.1, -0.05) is 20.8 Å². The molecule has 0 atom stereocenters. The number of hydrogen-bond donors (Lipinski definition) is 4. The highest BCUT2D eigenvalue weighted by Crippen LogP contribution is 1.81. The van der Waals surface area contributed by atoms with Gasteiger partial charge in [-0.15, -0.1) is 0 Å². The van der Waals surface area contributed by atoms with Crippen LogP contribution >= 0.6 is 0 Å². The predicted molar refractivity (Wildman–Crippen MR) is 52.8 cm³/mol. The molecule has 0 aromatic heterocycles. The number of hydrogen-bond acceptors (Lipinski definition) is 4. The molecule has 0 aliphatic rings. The van der Waals surface area contributed by atoms with E-state index in [1.54, 1.807) is 0 Å². The number of nitrogens with one attached hydrogen (secondary N) is 1. The van der Waals surface area contributed by atoms with Crippen LogP contribution in [0.2, 0.25) is 0 Å². The molecule has 78 valence electrons. The lowest BCUT2D eigenvalue weighted by atomic mass is 9.93. The molecule has 0 aliphatic heterocycles. The number of carbonyl (C=O) groups is 1. The topological polar surface area (TPSA) is 95.6 Å². The van der Waals surface area contributed by atoms with Gasteiger partial charge in [-0.05, 0) is 5.92 Å². The maximum absolute atomic E-state index is 10.3. The molecule has 0 fully saturated rings. The molecule has 0 saturated carbocycles. The van der Waals surface area contributed by atoms with Crippen LogP contribution in [-0.2, 0) is 4.79 Å². The summed E-state index contributed by atoms with van der Waals surface area (Å²) < 4.78 is 0. The maximum atomic E-state index is 10.3. The second-order valence-corrected chi connectivity index (χ2v) is 3.22. The van der Waals surface area contributed by atoms with Gasteiger partial charge in [-0.2, -0.15) is 0 Å². The van der Waals surface area contributed by atoms with Gasteiger partial charge in [0.2, 0.25) is 5.91 Å². The van der Waals surface area contributed by atoms with Crippen molar-refractivity contribution in [1.29, 1.82) is 0 Å². The fourth-order valence-corrected chi connectivity index (χ4v) is 0.277. The average molecular weight is 190 g/mol. The Kier molecular flexibility index (Phi) is 10.9. The van der Waals surface area contributed by atoms with Gasteiger partial charge in [-0.3, -0.25) is 4.79 Å². The molecule has 0 heterocycles. The van der Waals surface area contributed by atoms with Crippen molar-refractivity contribution in [2.75, 3.05) is 13.0 Å². The Morgan fingerprint density at radius 2 is 1.85 bits per heavy atom. The third-order valence-electron chi connectivity index (χ3n) is 0.667. The van der Waals surface area contributed by atoms with Crippen molar-refractivity contribution in [3.05, 3.63) is 0 Å². The highest BCUT2D eigenvalue weighted by atomic mass is 16.4. The van der Waals surface area contributed by atoms with Gasteiger partial charge in [0.15, 0.2) is 0 Å². The SMILES string of the molecule is CC(C)C.NCC(=O)NCB(O)O. The number of rotatable bonds is 3. The van der Waals surface area contributed by atoms with E-state index >= 15 is 0 Å². The van der Waals surface area contributed by atoms with E-state index in [1.165, 1.54) is 0 Å². The number of nitrogens with two attached hydrogens (primary N) is 1. The summed E-state index contributed by atoms with van der Waals surface area (Å²) in [6, 6.07) is 0. The van der Waals surface area contributed by atoms with Gasteiger partial charge >= 0.3 is 7.12 Å². The first-order valence-electron chi connectivity index (χ1n) is 4.23. The molecular weight excluding hydrogens is 171 g/mol. The van der Waals surface area contributed by atoms with E-state index in [0.717, 1.165) is 5.92 Å². The smallest absolute Gasteiger partial charge is 0.426 e. The molecule has 0 aliphatic carbocycles. The molecule has 0 unspecified atom stereocenters. The molecule has 13 heavy (non-hydrogen) atoms. The van der Waals surface area contributed by atoms with Crippen LogP contribution in [0.3, 0.4) is 0 Å². The Hall–Kier alpha value is -0.585. The number of carbonyl (C=O) groups excluding carboxylic acids is 1. The third-order valence-corrected chi connectivity index (χ3v) is 0.667. The molecule has 0 rings (SSSR count). The fraction of sp³-hybridized carbons (Fsp3) is 0.857. The van der Waals surface area contributed by atoms with Gasteiger partial charge < -0.3 is 21.1 Å². The Labute approximate surface area is 79.5 Å². The van der Waals surface area contributed by atoms with E-state index in [4.69, 9.17) is 15.8 Å². The second kappa shape index (κ2) is 9.50. The van der Waals surface area contributed by atoms with Crippen LogP contribution in [0.25, 0.3) is 0 Å². The average Bonchev–Trinajstić information content (AvgIpc) is 1.99. The van der Waals surface area contributed by atoms with Crippen LogP contribution in [0.4, 0.5) is 0 Å². The lowest BCUT2D eigenvalue weighted by molar-refractivity contribution is -0.119. The van der Waals surface area contributed by atoms with Gasteiger partial charge in [0, 0.05) is 0 Å². The minimum Gasteiger partial charge on any atom is -0.426 e. The lowest BCUT2D eigenvalue weighted by Crippen LogP contribution is -2.38. The van der Waals surface area contributed by atoms with Crippen LogP contribution in [0.15, 0.2) is 0 Å². The van der Waals surface area contributed by atoms with Crippen molar-refractivity contribution in [3.63, 3.8) is 0 Å². The van der Waals surface area contributed by atoms with Gasteiger partial charge in [0.25, 0.3) is 0 Å². The Balaban J connectivity index is 0. The fourth-order valence-electron chi connectivity index (χ4n) is 0.277. The standard InChI is InChI=1S/C4H10.C3H9BN2O3/c1-4(2)3;5-1-3(7)6-2-4(8)9/h4H,1-3H3;8-9H,1-2,5H2,(H,6,7). The monoisotopic (exact) mass is 190 g/mol. The molecule has 0 spiro atoms. The van der Waals surface area contributed by atoms with Crippen molar-refractivity contribution in [3.8, 4) is 0 Å². The van der Waals surface area contributed by atoms with Crippen LogP contribution in [0, 0.1) is 5.92 Å². The van der Waals surface area contributed by atoms with Crippen molar-refractivity contribution >= 4 is 13.0 Å². The predicted octanol–water partition coefficient (Wildman–Crippen LogP) is -1.26. The van der Waals surface area contributed by atoms with Crippen LogP contribution in [0.1, 0.15) is 20.8 Å². The summed E-state index contributed by atoms with van der Waals surface area (Å²) in [5.41, 5.74) is 4.88. The highest BCUT2D eigenvalue weighted by Gasteiger charge is 2.06. The maximum Gasteiger partial charge on any atom is 0.472 e. The normalized spacial score (nSPS) is 8.85. The zero-order chi connectivity index (χ0) is 10.9. The summed E-state index contributed by atoms with van der Waals surface area (Å²) in [4.78, 5) is 10.3. The molecule has 0 bridgehead atoms. The molecule has 5 N–H and O–H groups in total. The first-order chi connectivity index (χ1) is 5.90. The highest BCUT2D eigenvalue weighted by molar-refractivity contribution is 6.41. The van der Waals surface area contributed by atoms with Crippen LogP contribution < -0.4 is 11.1 Å². The molecule has 0 saturated heterocycles. The molecule has 6 heteroatoms. The second-order valence-electron chi connectivity index (χ2n) is 3.22. The van der Waals surface area contributed by atoms with E-state index < -0.39 is 13.0 Å². The summed E-state index contributed by atoms with van der Waals surface area (Å²) in [6.07, 6.45) is -0.171. The van der Waals surface area contributed by atoms with Crippen molar-refractivity contribution in [2.24, 2.45) is 11.7 Å². The third kappa shape index (κ3) is 24.6. The minimum absolute atomic E-state index is 0.132. The van der Waals surface area contributed by atoms with Gasteiger partial charge in [-0.25, -0.2) is 0 Å². The summed E-state index contributed by atoms with van der Waals surface area (Å²) in [6.45, 7) is 6.37. The van der Waals surface area contributed by atoms with E-state index in [9.17, 15) is 4.79 Å². The first-order valence-corrected chi connectivity index (χ1v) is 4.23. The van der Waals surface area contributed by atoms with E-state index in [-0.39, 0.29) is 13.0 Å². The minimum atomic E-state index is -1.50. The summed E-state index contributed by atoms with van der Waals surface area (Å²) in [5, 5.41) is 18.6. The van der Waals surface area contributed by atoms with Gasteiger partial charge in [0.05, 0.1) is 13.0 Å². The zero-order valence-electron chi connectivity index (χ0n) is 8.45. The van der Waals surface area contributed by atoms with E-state index in [0.29, 0.717) is 0 Å². The van der Waals surface area contributed by atoms with Crippen molar-refractivity contribution in [1.82, 2.24) is 5.32 Å². The summed E-state index contributed by atoms with van der Waals surface area (Å²) in [5.74, 6) is 0.433. The van der Waals surface area contributed by atoms with Crippen molar-refractivity contribution < 1.29 is 14.8 Å². The molecule has 0 aromatic rings. The molecular formula is C7H19BN2O3. The molecule has 1 amide bonds. The Morgan fingerprint density at radius 1 is 1.46 bits per heavy atom. The van der Waals surface area contributed by atoms with E-state index in [2.05, 4.69) is 26.1 Å². The summed E-state index contributed by atoms with van der Waals surface area (Å²) >= 11 is 0. The number of amides is 1. The van der Waals surface area contributed by atoms with Crippen molar-refractivity contribution in [2.45, 2.75) is 20.8 Å². The first kappa shape index (κ1) is 14.9. The largest absolute Gasteiger partial charge is 0.472 e. The van der Waals surface area contributed by atoms with E-state index in [1.807, 2.05) is 0 Å². The molecule has 5 nitrogen and oxygen atoms in total. The van der Waals surface area contributed by atoms with Gasteiger partial charge in [0.1, 0.15) is 0 Å². The molecule has 0 aromatic carbocycles. The van der Waals surface area contributed by atoms with Crippen LogP contribution in [-0.4, -0.2) is 36.1 Å². The quantitative estimate of drug-likeness (QED) is 0.417. The zero-order valence-corrected chi connectivity index (χ0v) is 8.45. The summed E-state index contributed by atoms with van der Waals surface area (Å²) in [7, 11) is -1.50. The Morgan fingerprint density at radius 3 is 2.08 bits per heavy atom. The molecule has 0 radical (unpaired) electrons. The Bertz CT molecular complexity index is 128. The van der Waals surface area contributed by atoms with Crippen LogP contribution in [0.5, 0.6) is 0 Å². The lowest BCUT2D eigenvalue weighted by Gasteiger charge is -1.99.